The van der Waals surface area contributed by atoms with Gasteiger partial charge >= 0.3 is 0 Å². The summed E-state index contributed by atoms with van der Waals surface area (Å²) in [4.78, 5) is 17.4. The first-order valence-corrected chi connectivity index (χ1v) is 9.40. The highest BCUT2D eigenvalue weighted by Crippen LogP contribution is 2.40. The maximum Gasteiger partial charge on any atom is 0.223 e. The van der Waals surface area contributed by atoms with Gasteiger partial charge in [-0.15, -0.1) is 0 Å². The van der Waals surface area contributed by atoms with Gasteiger partial charge in [0.1, 0.15) is 0 Å². The fourth-order valence-corrected chi connectivity index (χ4v) is 4.76. The summed E-state index contributed by atoms with van der Waals surface area (Å²) in [6.07, 6.45) is 10.9. The SMILES string of the molecule is O=C1CC[C@]2(CCCN(CC3CC3)CC2)N1C[C@@H]1CCCO1. The van der Waals surface area contributed by atoms with Crippen molar-refractivity contribution in [3.05, 3.63) is 0 Å². The molecule has 4 rings (SSSR count). The number of likely N-dealkylation sites (tertiary alicyclic amines) is 2. The number of hydrogen-bond acceptors (Lipinski definition) is 3. The molecule has 0 radical (unpaired) electrons. The molecule has 1 saturated carbocycles. The summed E-state index contributed by atoms with van der Waals surface area (Å²) in [5, 5.41) is 0. The number of amides is 1. The van der Waals surface area contributed by atoms with Crippen molar-refractivity contribution in [3.63, 3.8) is 0 Å². The molecule has 4 heteroatoms. The number of rotatable bonds is 4. The van der Waals surface area contributed by atoms with Crippen LogP contribution in [-0.2, 0) is 9.53 Å². The van der Waals surface area contributed by atoms with Crippen LogP contribution in [0.5, 0.6) is 0 Å². The molecular formula is C18H30N2O2. The van der Waals surface area contributed by atoms with Crippen molar-refractivity contribution in [2.75, 3.05) is 32.8 Å². The van der Waals surface area contributed by atoms with Crippen molar-refractivity contribution in [3.8, 4) is 0 Å². The lowest BCUT2D eigenvalue weighted by Gasteiger charge is -2.39. The van der Waals surface area contributed by atoms with E-state index in [4.69, 9.17) is 4.74 Å². The van der Waals surface area contributed by atoms with Gasteiger partial charge in [0, 0.05) is 38.2 Å². The number of nitrogens with zero attached hydrogens (tertiary/aromatic N) is 2. The summed E-state index contributed by atoms with van der Waals surface area (Å²) in [6.45, 7) is 5.46. The van der Waals surface area contributed by atoms with E-state index in [1.54, 1.807) is 0 Å². The van der Waals surface area contributed by atoms with Gasteiger partial charge in [0.25, 0.3) is 0 Å². The van der Waals surface area contributed by atoms with Crippen LogP contribution in [0.4, 0.5) is 0 Å². The Hall–Kier alpha value is -0.610. The van der Waals surface area contributed by atoms with Crippen molar-refractivity contribution >= 4 is 5.91 Å². The zero-order valence-electron chi connectivity index (χ0n) is 13.8. The second-order valence-electron chi connectivity index (χ2n) is 7.96. The summed E-state index contributed by atoms with van der Waals surface area (Å²) >= 11 is 0. The Balaban J connectivity index is 1.42. The molecular weight excluding hydrogens is 276 g/mol. The molecule has 1 aliphatic carbocycles. The van der Waals surface area contributed by atoms with Crippen molar-refractivity contribution in [1.82, 2.24) is 9.80 Å². The smallest absolute Gasteiger partial charge is 0.223 e. The van der Waals surface area contributed by atoms with Crippen LogP contribution < -0.4 is 0 Å². The summed E-state index contributed by atoms with van der Waals surface area (Å²) in [5.74, 6) is 1.35. The van der Waals surface area contributed by atoms with E-state index in [-0.39, 0.29) is 5.54 Å². The summed E-state index contributed by atoms with van der Waals surface area (Å²) in [6, 6.07) is 0. The Morgan fingerprint density at radius 3 is 2.73 bits per heavy atom. The van der Waals surface area contributed by atoms with E-state index in [9.17, 15) is 4.79 Å². The molecule has 4 aliphatic rings. The molecule has 22 heavy (non-hydrogen) atoms. The molecule has 0 N–H and O–H groups in total. The van der Waals surface area contributed by atoms with E-state index < -0.39 is 0 Å². The van der Waals surface area contributed by atoms with Crippen LogP contribution in [0, 0.1) is 5.92 Å². The third kappa shape index (κ3) is 3.05. The second kappa shape index (κ2) is 6.12. The monoisotopic (exact) mass is 306 g/mol. The topological polar surface area (TPSA) is 32.8 Å². The zero-order chi connectivity index (χ0) is 15.0. The van der Waals surface area contributed by atoms with Crippen LogP contribution in [0.3, 0.4) is 0 Å². The summed E-state index contributed by atoms with van der Waals surface area (Å²) in [7, 11) is 0. The minimum Gasteiger partial charge on any atom is -0.376 e. The molecule has 3 saturated heterocycles. The quantitative estimate of drug-likeness (QED) is 0.800. The number of hydrogen-bond donors (Lipinski definition) is 0. The number of carbonyl (C=O) groups excluding carboxylic acids is 1. The highest BCUT2D eigenvalue weighted by atomic mass is 16.5. The average Bonchev–Trinajstić information content (AvgIpc) is 3.15. The van der Waals surface area contributed by atoms with E-state index >= 15 is 0 Å². The van der Waals surface area contributed by atoms with Gasteiger partial charge in [-0.2, -0.15) is 0 Å². The van der Waals surface area contributed by atoms with Crippen LogP contribution in [-0.4, -0.2) is 60.1 Å². The predicted octanol–water partition coefficient (Wildman–Crippen LogP) is 2.42. The van der Waals surface area contributed by atoms with Crippen molar-refractivity contribution in [2.24, 2.45) is 5.92 Å². The van der Waals surface area contributed by atoms with Crippen LogP contribution in [0.1, 0.15) is 57.8 Å². The Bertz CT molecular complexity index is 417. The van der Waals surface area contributed by atoms with Gasteiger partial charge in [-0.1, -0.05) is 0 Å². The van der Waals surface area contributed by atoms with Gasteiger partial charge in [0.15, 0.2) is 0 Å². The zero-order valence-corrected chi connectivity index (χ0v) is 13.8. The molecule has 1 spiro atoms. The highest BCUT2D eigenvalue weighted by molar-refractivity contribution is 5.79. The van der Waals surface area contributed by atoms with Gasteiger partial charge in [-0.3, -0.25) is 4.79 Å². The Morgan fingerprint density at radius 2 is 1.95 bits per heavy atom. The molecule has 0 aromatic rings. The third-order valence-electron chi connectivity index (χ3n) is 6.31. The second-order valence-corrected chi connectivity index (χ2v) is 7.96. The lowest BCUT2D eigenvalue weighted by atomic mass is 9.87. The standard InChI is InChI=1S/C18H30N2O2/c21-17-6-8-18(20(17)14-16-3-1-12-22-16)7-2-10-19(11-9-18)13-15-4-5-15/h15-16H,1-14H2/t16-,18-/m0/s1. The van der Waals surface area contributed by atoms with E-state index in [1.807, 2.05) is 0 Å². The first-order valence-electron chi connectivity index (χ1n) is 9.40. The van der Waals surface area contributed by atoms with Gasteiger partial charge in [-0.05, 0) is 63.8 Å². The average molecular weight is 306 g/mol. The molecule has 0 bridgehead atoms. The van der Waals surface area contributed by atoms with Crippen LogP contribution in [0.15, 0.2) is 0 Å². The van der Waals surface area contributed by atoms with Crippen LogP contribution >= 0.6 is 0 Å². The molecule has 124 valence electrons. The van der Waals surface area contributed by atoms with Crippen molar-refractivity contribution in [2.45, 2.75) is 69.4 Å². The first kappa shape index (κ1) is 14.9. The van der Waals surface area contributed by atoms with Gasteiger partial charge in [-0.25, -0.2) is 0 Å². The predicted molar refractivity (Wildman–Crippen MR) is 85.7 cm³/mol. The van der Waals surface area contributed by atoms with E-state index in [1.165, 1.54) is 51.7 Å². The van der Waals surface area contributed by atoms with Gasteiger partial charge in [0.05, 0.1) is 6.10 Å². The Labute approximate surface area is 134 Å². The minimum absolute atomic E-state index is 0.154. The molecule has 4 nitrogen and oxygen atoms in total. The number of ether oxygens (including phenoxy) is 1. The Morgan fingerprint density at radius 1 is 1.05 bits per heavy atom. The molecule has 1 amide bonds. The maximum absolute atomic E-state index is 12.5. The highest BCUT2D eigenvalue weighted by Gasteiger charge is 2.46. The van der Waals surface area contributed by atoms with Gasteiger partial charge < -0.3 is 14.5 Å². The van der Waals surface area contributed by atoms with E-state index in [0.717, 1.165) is 44.8 Å². The van der Waals surface area contributed by atoms with Crippen LogP contribution in [0.25, 0.3) is 0 Å². The van der Waals surface area contributed by atoms with Gasteiger partial charge in [0.2, 0.25) is 5.91 Å². The lowest BCUT2D eigenvalue weighted by molar-refractivity contribution is -0.133. The molecule has 0 unspecified atom stereocenters. The number of carbonyl (C=O) groups is 1. The molecule has 4 fully saturated rings. The minimum atomic E-state index is 0.154. The molecule has 0 aromatic heterocycles. The fourth-order valence-electron chi connectivity index (χ4n) is 4.76. The fraction of sp³-hybridized carbons (Fsp3) is 0.944. The molecule has 3 aliphatic heterocycles. The Kier molecular flexibility index (Phi) is 4.16. The van der Waals surface area contributed by atoms with E-state index in [0.29, 0.717) is 12.0 Å². The van der Waals surface area contributed by atoms with E-state index in [2.05, 4.69) is 9.80 Å². The lowest BCUT2D eigenvalue weighted by Crippen LogP contribution is -2.49. The third-order valence-corrected chi connectivity index (χ3v) is 6.31. The molecule has 3 heterocycles. The largest absolute Gasteiger partial charge is 0.376 e. The maximum atomic E-state index is 12.5. The first-order chi connectivity index (χ1) is 10.8. The molecule has 2 atom stereocenters. The normalized spacial score (nSPS) is 37.2. The van der Waals surface area contributed by atoms with Crippen LogP contribution in [0.2, 0.25) is 0 Å². The van der Waals surface area contributed by atoms with Crippen molar-refractivity contribution < 1.29 is 9.53 Å². The van der Waals surface area contributed by atoms with Crippen molar-refractivity contribution in [1.29, 1.82) is 0 Å². The summed E-state index contributed by atoms with van der Waals surface area (Å²) in [5.41, 5.74) is 0.154. The summed E-state index contributed by atoms with van der Waals surface area (Å²) < 4.78 is 5.81. The molecule has 0 aromatic carbocycles.